The van der Waals surface area contributed by atoms with Gasteiger partial charge in [0.25, 0.3) is 5.91 Å². The molecule has 1 aliphatic heterocycles. The molecule has 5 heteroatoms. The lowest BCUT2D eigenvalue weighted by Gasteiger charge is -2.30. The van der Waals surface area contributed by atoms with E-state index in [0.717, 1.165) is 25.1 Å². The van der Waals surface area contributed by atoms with Crippen LogP contribution in [0.15, 0.2) is 41.0 Å². The zero-order valence-electron chi connectivity index (χ0n) is 13.9. The highest BCUT2D eigenvalue weighted by Crippen LogP contribution is 2.28. The molecular weight excluding hydrogens is 304 g/mol. The van der Waals surface area contributed by atoms with Gasteiger partial charge in [0, 0.05) is 25.2 Å². The van der Waals surface area contributed by atoms with Gasteiger partial charge in [-0.05, 0) is 49.9 Å². The number of hydrogen-bond donors (Lipinski definition) is 1. The number of rotatable bonds is 5. The summed E-state index contributed by atoms with van der Waals surface area (Å²) < 4.78 is 5.03. The Morgan fingerprint density at radius 1 is 1.29 bits per heavy atom. The average Bonchev–Trinajstić information content (AvgIpc) is 3.12. The Hall–Kier alpha value is -2.56. The Labute approximate surface area is 141 Å². The maximum atomic E-state index is 12.5. The zero-order valence-corrected chi connectivity index (χ0v) is 13.9. The van der Waals surface area contributed by atoms with E-state index in [0.29, 0.717) is 25.1 Å². The van der Waals surface area contributed by atoms with Crippen LogP contribution in [0, 0.1) is 6.92 Å². The molecule has 3 rings (SSSR count). The summed E-state index contributed by atoms with van der Waals surface area (Å²) in [5.41, 5.74) is 3.51. The Bertz CT molecular complexity index is 722. The standard InChI is InChI=1S/C19H22N2O3/c1-14-8-9-16-15(13-14)5-3-11-21(16)18(22)7-2-10-20-19(23)17-6-4-12-24-17/h4,6,8-9,12-13H,2-3,5,7,10-11H2,1H3,(H,20,23). The first kappa shape index (κ1) is 16.3. The summed E-state index contributed by atoms with van der Waals surface area (Å²) in [6.45, 7) is 3.30. The highest BCUT2D eigenvalue weighted by molar-refractivity contribution is 5.94. The van der Waals surface area contributed by atoms with Crippen molar-refractivity contribution in [1.82, 2.24) is 5.32 Å². The lowest BCUT2D eigenvalue weighted by Crippen LogP contribution is -2.36. The molecule has 0 aliphatic carbocycles. The second kappa shape index (κ2) is 7.34. The van der Waals surface area contributed by atoms with Crippen molar-refractivity contribution in [3.05, 3.63) is 53.5 Å². The van der Waals surface area contributed by atoms with E-state index in [1.807, 2.05) is 17.0 Å². The van der Waals surface area contributed by atoms with Gasteiger partial charge in [-0.3, -0.25) is 9.59 Å². The summed E-state index contributed by atoms with van der Waals surface area (Å²) in [4.78, 5) is 26.1. The molecule has 126 valence electrons. The van der Waals surface area contributed by atoms with Crippen molar-refractivity contribution in [2.75, 3.05) is 18.0 Å². The van der Waals surface area contributed by atoms with Crippen molar-refractivity contribution in [3.63, 3.8) is 0 Å². The minimum Gasteiger partial charge on any atom is -0.459 e. The number of aryl methyl sites for hydroxylation is 2. The van der Waals surface area contributed by atoms with E-state index in [1.54, 1.807) is 12.1 Å². The number of amides is 2. The van der Waals surface area contributed by atoms with Gasteiger partial charge >= 0.3 is 0 Å². The number of hydrogen-bond acceptors (Lipinski definition) is 3. The molecule has 1 aromatic heterocycles. The highest BCUT2D eigenvalue weighted by Gasteiger charge is 2.22. The number of benzene rings is 1. The predicted molar refractivity (Wildman–Crippen MR) is 92.1 cm³/mol. The molecule has 0 atom stereocenters. The maximum absolute atomic E-state index is 12.5. The predicted octanol–water partition coefficient (Wildman–Crippen LogP) is 3.08. The van der Waals surface area contributed by atoms with Gasteiger partial charge in [-0.1, -0.05) is 17.7 Å². The van der Waals surface area contributed by atoms with Crippen LogP contribution in [-0.2, 0) is 11.2 Å². The second-order valence-corrected chi connectivity index (χ2v) is 6.12. The van der Waals surface area contributed by atoms with Crippen molar-refractivity contribution in [2.24, 2.45) is 0 Å². The van der Waals surface area contributed by atoms with Crippen LogP contribution in [0.25, 0.3) is 0 Å². The van der Waals surface area contributed by atoms with E-state index in [-0.39, 0.29) is 11.8 Å². The topological polar surface area (TPSA) is 62.6 Å². The smallest absolute Gasteiger partial charge is 0.286 e. The first-order chi connectivity index (χ1) is 11.6. The third kappa shape index (κ3) is 3.67. The van der Waals surface area contributed by atoms with E-state index >= 15 is 0 Å². The minimum atomic E-state index is -0.244. The third-order valence-electron chi connectivity index (χ3n) is 4.25. The second-order valence-electron chi connectivity index (χ2n) is 6.12. The molecule has 2 heterocycles. The minimum absolute atomic E-state index is 0.118. The number of nitrogens with one attached hydrogen (secondary N) is 1. The quantitative estimate of drug-likeness (QED) is 0.859. The monoisotopic (exact) mass is 326 g/mol. The molecule has 0 saturated heterocycles. The molecule has 0 fully saturated rings. The molecule has 24 heavy (non-hydrogen) atoms. The Morgan fingerprint density at radius 2 is 2.17 bits per heavy atom. The van der Waals surface area contributed by atoms with Crippen LogP contribution in [0.4, 0.5) is 5.69 Å². The van der Waals surface area contributed by atoms with Crippen molar-refractivity contribution >= 4 is 17.5 Å². The van der Waals surface area contributed by atoms with E-state index in [2.05, 4.69) is 18.3 Å². The van der Waals surface area contributed by atoms with Crippen LogP contribution in [0.2, 0.25) is 0 Å². The number of fused-ring (bicyclic) bond motifs is 1. The average molecular weight is 326 g/mol. The Morgan fingerprint density at radius 3 is 2.96 bits per heavy atom. The van der Waals surface area contributed by atoms with Gasteiger partial charge in [-0.2, -0.15) is 0 Å². The molecule has 5 nitrogen and oxygen atoms in total. The number of carbonyl (C=O) groups is 2. The third-order valence-corrected chi connectivity index (χ3v) is 4.25. The van der Waals surface area contributed by atoms with Crippen molar-refractivity contribution < 1.29 is 14.0 Å². The first-order valence-corrected chi connectivity index (χ1v) is 8.37. The summed E-state index contributed by atoms with van der Waals surface area (Å²) in [7, 11) is 0. The van der Waals surface area contributed by atoms with E-state index in [4.69, 9.17) is 4.42 Å². The molecular formula is C19H22N2O3. The Kier molecular flexibility index (Phi) is 4.99. The lowest BCUT2D eigenvalue weighted by molar-refractivity contribution is -0.118. The largest absolute Gasteiger partial charge is 0.459 e. The molecule has 0 bridgehead atoms. The Balaban J connectivity index is 1.50. The van der Waals surface area contributed by atoms with E-state index in [9.17, 15) is 9.59 Å². The van der Waals surface area contributed by atoms with Gasteiger partial charge in [0.1, 0.15) is 0 Å². The first-order valence-electron chi connectivity index (χ1n) is 8.37. The summed E-state index contributed by atoms with van der Waals surface area (Å²) in [5.74, 6) is 0.167. The number of furan rings is 1. The molecule has 0 radical (unpaired) electrons. The van der Waals surface area contributed by atoms with Crippen LogP contribution in [0.3, 0.4) is 0 Å². The van der Waals surface area contributed by atoms with Crippen LogP contribution < -0.4 is 10.2 Å². The summed E-state index contributed by atoms with van der Waals surface area (Å²) in [6.07, 6.45) is 4.53. The molecule has 0 unspecified atom stereocenters. The normalized spacial score (nSPS) is 13.5. The molecule has 0 spiro atoms. The fourth-order valence-corrected chi connectivity index (χ4v) is 3.06. The fourth-order valence-electron chi connectivity index (χ4n) is 3.06. The summed E-state index contributed by atoms with van der Waals surface area (Å²) in [5, 5.41) is 2.77. The van der Waals surface area contributed by atoms with Crippen LogP contribution in [-0.4, -0.2) is 24.9 Å². The van der Waals surface area contributed by atoms with Crippen molar-refractivity contribution in [3.8, 4) is 0 Å². The number of carbonyl (C=O) groups excluding carboxylic acids is 2. The van der Waals surface area contributed by atoms with Crippen LogP contribution >= 0.6 is 0 Å². The van der Waals surface area contributed by atoms with Gasteiger partial charge in [0.15, 0.2) is 5.76 Å². The maximum Gasteiger partial charge on any atom is 0.286 e. The van der Waals surface area contributed by atoms with Crippen molar-refractivity contribution in [2.45, 2.75) is 32.6 Å². The molecule has 0 saturated carbocycles. The summed E-state index contributed by atoms with van der Waals surface area (Å²) in [6, 6.07) is 9.55. The fraction of sp³-hybridized carbons (Fsp3) is 0.368. The summed E-state index contributed by atoms with van der Waals surface area (Å²) >= 11 is 0. The van der Waals surface area contributed by atoms with Crippen LogP contribution in [0.5, 0.6) is 0 Å². The van der Waals surface area contributed by atoms with Crippen molar-refractivity contribution in [1.29, 1.82) is 0 Å². The van der Waals surface area contributed by atoms with E-state index < -0.39 is 0 Å². The molecule has 2 amide bonds. The number of anilines is 1. The van der Waals surface area contributed by atoms with E-state index in [1.165, 1.54) is 17.4 Å². The molecule has 1 N–H and O–H groups in total. The van der Waals surface area contributed by atoms with Gasteiger partial charge < -0.3 is 14.6 Å². The zero-order chi connectivity index (χ0) is 16.9. The van der Waals surface area contributed by atoms with Gasteiger partial charge in [0.05, 0.1) is 6.26 Å². The number of nitrogens with zero attached hydrogens (tertiary/aromatic N) is 1. The van der Waals surface area contributed by atoms with Gasteiger partial charge in [0.2, 0.25) is 5.91 Å². The highest BCUT2D eigenvalue weighted by atomic mass is 16.3. The SMILES string of the molecule is Cc1ccc2c(c1)CCCN2C(=O)CCCNC(=O)c1ccco1. The molecule has 1 aromatic carbocycles. The van der Waals surface area contributed by atoms with Crippen LogP contribution in [0.1, 0.15) is 40.9 Å². The van der Waals surface area contributed by atoms with Gasteiger partial charge in [-0.15, -0.1) is 0 Å². The molecule has 1 aliphatic rings. The molecule has 2 aromatic rings. The lowest BCUT2D eigenvalue weighted by atomic mass is 9.99. The van der Waals surface area contributed by atoms with Gasteiger partial charge in [-0.25, -0.2) is 0 Å².